The predicted octanol–water partition coefficient (Wildman–Crippen LogP) is 2.78. The zero-order valence-corrected chi connectivity index (χ0v) is 15.6. The molecule has 0 radical (unpaired) electrons. The number of aromatic hydroxyl groups is 1. The van der Waals surface area contributed by atoms with Crippen LogP contribution >= 0.6 is 0 Å². The fourth-order valence-electron chi connectivity index (χ4n) is 3.00. The number of fused-ring (bicyclic) bond motifs is 1. The Morgan fingerprint density at radius 2 is 1.84 bits per heavy atom. The number of azo groups is 1. The summed E-state index contributed by atoms with van der Waals surface area (Å²) in [7, 11) is 0. The summed E-state index contributed by atoms with van der Waals surface area (Å²) in [4.78, 5) is 24.0. The Labute approximate surface area is 174 Å². The summed E-state index contributed by atoms with van der Waals surface area (Å²) in [5.41, 5.74) is 4.98. The minimum Gasteiger partial charge on any atom is -0.505 e. The van der Waals surface area contributed by atoms with E-state index in [1.807, 2.05) is 12.1 Å². The van der Waals surface area contributed by atoms with Crippen LogP contribution in [0.25, 0.3) is 16.7 Å². The van der Waals surface area contributed by atoms with Gasteiger partial charge >= 0.3 is 0 Å². The van der Waals surface area contributed by atoms with Crippen molar-refractivity contribution in [2.24, 2.45) is 16.0 Å². The summed E-state index contributed by atoms with van der Waals surface area (Å²) in [6.07, 6.45) is 2.90. The van der Waals surface area contributed by atoms with Crippen molar-refractivity contribution >= 4 is 28.3 Å². The molecule has 148 valence electrons. The monoisotopic (exact) mass is 409 g/mol. The number of nitrogens with zero attached hydrogens (tertiary/aromatic N) is 8. The molecule has 0 atom stereocenters. The van der Waals surface area contributed by atoms with Gasteiger partial charge in [0.15, 0.2) is 17.1 Å². The molecule has 4 rings (SSSR count). The first-order valence-electron chi connectivity index (χ1n) is 8.71. The van der Waals surface area contributed by atoms with Gasteiger partial charge in [0.2, 0.25) is 5.95 Å². The van der Waals surface area contributed by atoms with Gasteiger partial charge in [0.25, 0.3) is 11.9 Å². The van der Waals surface area contributed by atoms with Gasteiger partial charge in [0, 0.05) is 12.4 Å². The molecule has 11 heteroatoms. The van der Waals surface area contributed by atoms with Gasteiger partial charge in [-0.05, 0) is 22.9 Å². The van der Waals surface area contributed by atoms with E-state index >= 15 is 0 Å². The van der Waals surface area contributed by atoms with Gasteiger partial charge < -0.3 is 10.8 Å². The largest absolute Gasteiger partial charge is 0.505 e. The first-order chi connectivity index (χ1) is 15.0. The second-order valence-electron chi connectivity index (χ2n) is 6.12. The molecule has 0 spiro atoms. The molecule has 1 amide bonds. The lowest BCUT2D eigenvalue weighted by Gasteiger charge is -2.08. The van der Waals surface area contributed by atoms with Gasteiger partial charge in [-0.3, -0.25) is 4.79 Å². The van der Waals surface area contributed by atoms with E-state index in [1.165, 1.54) is 18.5 Å². The number of nitrogens with two attached hydrogens (primary N) is 1. The number of amides is 1. The molecule has 2 aromatic heterocycles. The van der Waals surface area contributed by atoms with Crippen LogP contribution in [-0.4, -0.2) is 30.5 Å². The Kier molecular flexibility index (Phi) is 4.76. The van der Waals surface area contributed by atoms with Crippen molar-refractivity contribution in [3.8, 4) is 23.8 Å². The van der Waals surface area contributed by atoms with Gasteiger partial charge in [-0.25, -0.2) is 14.5 Å². The van der Waals surface area contributed by atoms with E-state index in [-0.39, 0.29) is 34.5 Å². The Balaban J connectivity index is 1.91. The number of imidazole rings is 1. The molecule has 0 aliphatic rings. The number of carbonyl (C=O) groups is 1. The lowest BCUT2D eigenvalue weighted by Crippen LogP contribution is -2.11. The molecular formula is C20H11N9O2. The number of benzene rings is 2. The van der Waals surface area contributed by atoms with Crippen LogP contribution in [0.1, 0.15) is 21.7 Å². The summed E-state index contributed by atoms with van der Waals surface area (Å²) in [6, 6.07) is 13.6. The summed E-state index contributed by atoms with van der Waals surface area (Å²) in [6.45, 7) is 0. The molecule has 2 heterocycles. The first kappa shape index (κ1) is 19.2. The number of rotatable bonds is 4. The molecule has 31 heavy (non-hydrogen) atoms. The third kappa shape index (κ3) is 3.28. The Morgan fingerprint density at radius 3 is 2.52 bits per heavy atom. The lowest BCUT2D eigenvalue weighted by molar-refractivity contribution is 0.0999. The molecule has 3 N–H and O–H groups in total. The predicted molar refractivity (Wildman–Crippen MR) is 107 cm³/mol. The first-order valence-corrected chi connectivity index (χ1v) is 8.71. The standard InChI is InChI=1S/C20H11N9O2/c21-9-14-15(10-22)29(19-24-6-3-7-25-19)20(26-14)28-27-13-8-11-4-1-2-5-12(11)16(17(13)30)18(23)31/h1-8,30H,(H2,23,31)/b28-27+. The van der Waals surface area contributed by atoms with Crippen LogP contribution in [0.15, 0.2) is 59.0 Å². The van der Waals surface area contributed by atoms with Gasteiger partial charge in [-0.1, -0.05) is 24.3 Å². The third-order valence-corrected chi connectivity index (χ3v) is 4.32. The van der Waals surface area contributed by atoms with Crippen LogP contribution in [-0.2, 0) is 0 Å². The van der Waals surface area contributed by atoms with Crippen LogP contribution in [0.4, 0.5) is 11.6 Å². The quantitative estimate of drug-likeness (QED) is 0.486. The number of carbonyl (C=O) groups excluding carboxylic acids is 1. The van der Waals surface area contributed by atoms with Crippen LogP contribution in [0.2, 0.25) is 0 Å². The van der Waals surface area contributed by atoms with Crippen molar-refractivity contribution in [2.45, 2.75) is 0 Å². The molecule has 0 aliphatic heterocycles. The fourth-order valence-corrected chi connectivity index (χ4v) is 3.00. The number of hydrogen-bond donors (Lipinski definition) is 2. The zero-order valence-electron chi connectivity index (χ0n) is 15.6. The van der Waals surface area contributed by atoms with E-state index in [2.05, 4.69) is 25.2 Å². The number of primary amides is 1. The Hall–Kier alpha value is -5.16. The van der Waals surface area contributed by atoms with E-state index in [0.29, 0.717) is 10.8 Å². The summed E-state index contributed by atoms with van der Waals surface area (Å²) >= 11 is 0. The number of hydrogen-bond acceptors (Lipinski definition) is 9. The third-order valence-electron chi connectivity index (χ3n) is 4.32. The summed E-state index contributed by atoms with van der Waals surface area (Å²) in [5.74, 6) is -1.39. The van der Waals surface area contributed by atoms with Crippen molar-refractivity contribution < 1.29 is 9.90 Å². The van der Waals surface area contributed by atoms with Crippen molar-refractivity contribution in [1.29, 1.82) is 10.5 Å². The maximum atomic E-state index is 11.9. The molecule has 11 nitrogen and oxygen atoms in total. The van der Waals surface area contributed by atoms with Crippen molar-refractivity contribution in [1.82, 2.24) is 19.5 Å². The number of aromatic nitrogens is 4. The van der Waals surface area contributed by atoms with Gasteiger partial charge in [-0.15, -0.1) is 10.2 Å². The van der Waals surface area contributed by atoms with Gasteiger partial charge in [0.05, 0.1) is 5.56 Å². The number of nitriles is 2. The molecule has 0 saturated carbocycles. The zero-order chi connectivity index (χ0) is 22.0. The highest BCUT2D eigenvalue weighted by Crippen LogP contribution is 2.37. The van der Waals surface area contributed by atoms with Crippen molar-refractivity contribution in [2.75, 3.05) is 0 Å². The minimum atomic E-state index is -0.830. The lowest BCUT2D eigenvalue weighted by atomic mass is 10.0. The van der Waals surface area contributed by atoms with Gasteiger partial charge in [0.1, 0.15) is 17.8 Å². The molecule has 0 bridgehead atoms. The SMILES string of the molecule is N#Cc1nc(/N=N/c2cc3ccccc3c(C(N)=O)c2O)n(-c2ncccn2)c1C#N. The van der Waals surface area contributed by atoms with Crippen molar-refractivity contribution in [3.05, 3.63) is 65.7 Å². The molecule has 0 unspecified atom stereocenters. The second kappa shape index (κ2) is 7.69. The smallest absolute Gasteiger partial charge is 0.258 e. The molecule has 0 aliphatic carbocycles. The van der Waals surface area contributed by atoms with Crippen LogP contribution < -0.4 is 5.73 Å². The maximum Gasteiger partial charge on any atom is 0.258 e. The molecule has 4 aromatic rings. The minimum absolute atomic E-state index is 0.0481. The molecule has 0 saturated heterocycles. The fraction of sp³-hybridized carbons (Fsp3) is 0. The summed E-state index contributed by atoms with van der Waals surface area (Å²) in [5, 5.41) is 38.4. The van der Waals surface area contributed by atoms with E-state index in [1.54, 1.807) is 30.3 Å². The molecule has 2 aromatic carbocycles. The molecular weight excluding hydrogens is 398 g/mol. The Morgan fingerprint density at radius 1 is 1.10 bits per heavy atom. The van der Waals surface area contributed by atoms with Crippen LogP contribution in [0.5, 0.6) is 5.75 Å². The van der Waals surface area contributed by atoms with Crippen LogP contribution in [0.3, 0.4) is 0 Å². The Bertz CT molecular complexity index is 1440. The highest BCUT2D eigenvalue weighted by molar-refractivity contribution is 6.10. The van der Waals surface area contributed by atoms with Crippen LogP contribution in [0, 0.1) is 22.7 Å². The normalized spacial score (nSPS) is 10.8. The van der Waals surface area contributed by atoms with E-state index in [0.717, 1.165) is 4.57 Å². The highest BCUT2D eigenvalue weighted by atomic mass is 16.3. The number of phenols is 1. The average molecular weight is 409 g/mol. The summed E-state index contributed by atoms with van der Waals surface area (Å²) < 4.78 is 1.16. The van der Waals surface area contributed by atoms with E-state index in [9.17, 15) is 20.4 Å². The second-order valence-corrected chi connectivity index (χ2v) is 6.12. The van der Waals surface area contributed by atoms with Gasteiger partial charge in [-0.2, -0.15) is 15.5 Å². The maximum absolute atomic E-state index is 11.9. The van der Waals surface area contributed by atoms with Crippen molar-refractivity contribution in [3.63, 3.8) is 0 Å². The van der Waals surface area contributed by atoms with E-state index in [4.69, 9.17) is 5.73 Å². The average Bonchev–Trinajstić information content (AvgIpc) is 3.15. The molecule has 0 fully saturated rings. The highest BCUT2D eigenvalue weighted by Gasteiger charge is 2.21. The van der Waals surface area contributed by atoms with E-state index < -0.39 is 11.7 Å². The topological polar surface area (TPSA) is 179 Å².